The Hall–Kier alpha value is -4.48. The Kier molecular flexibility index (Phi) is 9.31. The van der Waals surface area contributed by atoms with Gasteiger partial charge in [-0.05, 0) is 85.1 Å². The smallest absolute Gasteiger partial charge is 0.426 e. The van der Waals surface area contributed by atoms with E-state index in [0.29, 0.717) is 17.1 Å². The number of carbonyl (C=O) groups excluding carboxylic acids is 3. The molecular formula is C32H42FN7O4. The minimum Gasteiger partial charge on any atom is -0.443 e. The van der Waals surface area contributed by atoms with Crippen molar-refractivity contribution in [3.63, 3.8) is 0 Å². The minimum atomic E-state index is -1.02. The molecule has 0 saturated carbocycles. The van der Waals surface area contributed by atoms with Crippen LogP contribution >= 0.6 is 0 Å². The summed E-state index contributed by atoms with van der Waals surface area (Å²) in [5, 5.41) is 7.73. The van der Waals surface area contributed by atoms with Crippen LogP contribution in [0.1, 0.15) is 76.0 Å². The number of hydrogen-bond acceptors (Lipinski definition) is 7. The van der Waals surface area contributed by atoms with Crippen molar-refractivity contribution in [2.24, 2.45) is 5.41 Å². The zero-order valence-electron chi connectivity index (χ0n) is 26.5. The van der Waals surface area contributed by atoms with Crippen LogP contribution in [0.25, 0.3) is 0 Å². The molecule has 0 bridgehead atoms. The van der Waals surface area contributed by atoms with Crippen LogP contribution < -0.4 is 16.2 Å². The standard InChI is InChI=1S/C32H42FN7O4/c1-21-10-8-12-23(26(21)33)27(41)39-18-15-32(16-19-39,28(42)37-38-29(43)44-31(5,6)7)20-22-11-9-13-24(35-22)36-25-14-17-34-40(25)30(2,3)4/h8-14,17H,15-16,18-20H2,1-7H3,(H,35,36)(H,37,42)(H,38,43). The van der Waals surface area contributed by atoms with Gasteiger partial charge in [-0.2, -0.15) is 5.10 Å². The van der Waals surface area contributed by atoms with Crippen molar-refractivity contribution in [2.75, 3.05) is 18.4 Å². The van der Waals surface area contributed by atoms with E-state index in [9.17, 15) is 18.8 Å². The highest BCUT2D eigenvalue weighted by Crippen LogP contribution is 2.36. The second-order valence-electron chi connectivity index (χ2n) is 13.2. The van der Waals surface area contributed by atoms with Gasteiger partial charge in [-0.3, -0.25) is 15.0 Å². The monoisotopic (exact) mass is 607 g/mol. The van der Waals surface area contributed by atoms with Gasteiger partial charge in [0.25, 0.3) is 5.91 Å². The summed E-state index contributed by atoms with van der Waals surface area (Å²) in [6.45, 7) is 13.4. The van der Waals surface area contributed by atoms with E-state index in [4.69, 9.17) is 9.72 Å². The first kappa shape index (κ1) is 32.4. The van der Waals surface area contributed by atoms with Crippen molar-refractivity contribution in [1.29, 1.82) is 0 Å². The molecule has 1 aliphatic rings. The van der Waals surface area contributed by atoms with Gasteiger partial charge in [0.15, 0.2) is 0 Å². The highest BCUT2D eigenvalue weighted by atomic mass is 19.1. The molecule has 4 rings (SSSR count). The Labute approximate surface area is 257 Å². The van der Waals surface area contributed by atoms with Crippen LogP contribution in [0, 0.1) is 18.2 Å². The average Bonchev–Trinajstić information content (AvgIpc) is 3.41. The number of aryl methyl sites for hydroxylation is 1. The number of aromatic nitrogens is 3. The van der Waals surface area contributed by atoms with Gasteiger partial charge in [0.05, 0.1) is 22.7 Å². The minimum absolute atomic E-state index is 0.00323. The lowest BCUT2D eigenvalue weighted by Gasteiger charge is -2.40. The molecule has 1 saturated heterocycles. The van der Waals surface area contributed by atoms with E-state index >= 15 is 0 Å². The van der Waals surface area contributed by atoms with Crippen molar-refractivity contribution in [3.8, 4) is 0 Å². The number of carbonyl (C=O) groups is 3. The maximum Gasteiger partial charge on any atom is 0.426 e. The van der Waals surface area contributed by atoms with Crippen molar-refractivity contribution in [2.45, 2.75) is 78.9 Å². The molecule has 1 aromatic carbocycles. The van der Waals surface area contributed by atoms with Crippen LogP contribution in [0.4, 0.5) is 20.8 Å². The summed E-state index contributed by atoms with van der Waals surface area (Å²) >= 11 is 0. The number of likely N-dealkylation sites (tertiary alicyclic amines) is 1. The van der Waals surface area contributed by atoms with E-state index in [1.54, 1.807) is 50.9 Å². The van der Waals surface area contributed by atoms with Crippen LogP contribution in [-0.2, 0) is 21.5 Å². The first-order valence-electron chi connectivity index (χ1n) is 14.7. The molecule has 44 heavy (non-hydrogen) atoms. The fourth-order valence-electron chi connectivity index (χ4n) is 5.21. The summed E-state index contributed by atoms with van der Waals surface area (Å²) in [6, 6.07) is 12.1. The van der Waals surface area contributed by atoms with Gasteiger partial charge in [-0.25, -0.2) is 24.3 Å². The predicted octanol–water partition coefficient (Wildman–Crippen LogP) is 5.25. The Morgan fingerprint density at radius 2 is 1.66 bits per heavy atom. The molecule has 12 heteroatoms. The normalized spacial score (nSPS) is 15.0. The largest absolute Gasteiger partial charge is 0.443 e. The molecular weight excluding hydrogens is 565 g/mol. The Morgan fingerprint density at radius 1 is 0.977 bits per heavy atom. The Bertz CT molecular complexity index is 1520. The van der Waals surface area contributed by atoms with Crippen molar-refractivity contribution < 1.29 is 23.5 Å². The molecule has 1 fully saturated rings. The fourth-order valence-corrected chi connectivity index (χ4v) is 5.21. The average molecular weight is 608 g/mol. The van der Waals surface area contributed by atoms with E-state index in [2.05, 4.69) is 21.3 Å². The van der Waals surface area contributed by atoms with Crippen LogP contribution in [0.5, 0.6) is 0 Å². The number of nitrogens with one attached hydrogen (secondary N) is 3. The molecule has 3 amide bonds. The number of anilines is 2. The number of nitrogens with zero attached hydrogens (tertiary/aromatic N) is 4. The SMILES string of the molecule is Cc1cccc(C(=O)N2CCC(Cc3cccc(Nc4ccnn4C(C)(C)C)n3)(C(=O)NNC(=O)OC(C)(C)C)CC2)c1F. The number of ether oxygens (including phenoxy) is 1. The quantitative estimate of drug-likeness (QED) is 0.327. The fraction of sp³-hybridized carbons (Fsp3) is 0.469. The van der Waals surface area contributed by atoms with E-state index in [1.807, 2.05) is 49.7 Å². The highest BCUT2D eigenvalue weighted by molar-refractivity contribution is 5.95. The molecule has 11 nitrogen and oxygen atoms in total. The first-order chi connectivity index (χ1) is 20.6. The van der Waals surface area contributed by atoms with Crippen molar-refractivity contribution in [1.82, 2.24) is 30.5 Å². The molecule has 2 aromatic heterocycles. The Morgan fingerprint density at radius 3 is 2.32 bits per heavy atom. The zero-order valence-corrected chi connectivity index (χ0v) is 26.5. The maximum atomic E-state index is 14.7. The van der Waals surface area contributed by atoms with Gasteiger partial charge in [0.1, 0.15) is 23.1 Å². The molecule has 0 radical (unpaired) electrons. The Balaban J connectivity index is 1.55. The van der Waals surface area contributed by atoms with Crippen LogP contribution in [0.15, 0.2) is 48.7 Å². The van der Waals surface area contributed by atoms with E-state index in [1.165, 1.54) is 6.07 Å². The van der Waals surface area contributed by atoms with Gasteiger partial charge in [-0.15, -0.1) is 0 Å². The lowest BCUT2D eigenvalue weighted by molar-refractivity contribution is -0.134. The molecule has 236 valence electrons. The number of hydrazine groups is 1. The van der Waals surface area contributed by atoms with Gasteiger partial charge in [-0.1, -0.05) is 18.2 Å². The third kappa shape index (κ3) is 7.72. The van der Waals surface area contributed by atoms with E-state index in [0.717, 1.165) is 5.82 Å². The summed E-state index contributed by atoms with van der Waals surface area (Å²) in [7, 11) is 0. The number of hydrogen-bond donors (Lipinski definition) is 3. The summed E-state index contributed by atoms with van der Waals surface area (Å²) in [6.07, 6.45) is 1.70. The second-order valence-corrected chi connectivity index (χ2v) is 13.2. The number of benzene rings is 1. The molecule has 1 aliphatic heterocycles. The molecule has 3 N–H and O–H groups in total. The number of halogens is 1. The summed E-state index contributed by atoms with van der Waals surface area (Å²) < 4.78 is 21.9. The molecule has 0 atom stereocenters. The molecule has 3 heterocycles. The van der Waals surface area contributed by atoms with Crippen LogP contribution in [0.3, 0.4) is 0 Å². The maximum absolute atomic E-state index is 14.7. The number of piperidine rings is 1. The van der Waals surface area contributed by atoms with Crippen LogP contribution in [-0.4, -0.2) is 56.3 Å². The van der Waals surface area contributed by atoms with Crippen LogP contribution in [0.2, 0.25) is 0 Å². The lowest BCUT2D eigenvalue weighted by atomic mass is 9.73. The number of pyridine rings is 1. The lowest BCUT2D eigenvalue weighted by Crippen LogP contribution is -2.55. The van der Waals surface area contributed by atoms with Gasteiger partial charge < -0.3 is 15.0 Å². The third-order valence-corrected chi connectivity index (χ3v) is 7.45. The third-order valence-electron chi connectivity index (χ3n) is 7.45. The molecule has 0 aliphatic carbocycles. The van der Waals surface area contributed by atoms with Gasteiger partial charge in [0, 0.05) is 31.3 Å². The highest BCUT2D eigenvalue weighted by Gasteiger charge is 2.43. The van der Waals surface area contributed by atoms with Gasteiger partial charge >= 0.3 is 6.09 Å². The summed E-state index contributed by atoms with van der Waals surface area (Å²) in [5.41, 5.74) is 3.89. The predicted molar refractivity (Wildman–Crippen MR) is 165 cm³/mol. The van der Waals surface area contributed by atoms with E-state index < -0.39 is 34.7 Å². The molecule has 0 unspecified atom stereocenters. The molecule has 3 aromatic rings. The number of rotatable bonds is 6. The second kappa shape index (κ2) is 12.6. The summed E-state index contributed by atoms with van der Waals surface area (Å²) in [5.74, 6) is -0.0464. The number of amides is 3. The van der Waals surface area contributed by atoms with E-state index in [-0.39, 0.29) is 43.5 Å². The topological polar surface area (TPSA) is 130 Å². The first-order valence-corrected chi connectivity index (χ1v) is 14.7. The molecule has 0 spiro atoms. The van der Waals surface area contributed by atoms with Crippen molar-refractivity contribution in [3.05, 3.63) is 71.3 Å². The van der Waals surface area contributed by atoms with Crippen molar-refractivity contribution >= 4 is 29.5 Å². The summed E-state index contributed by atoms with van der Waals surface area (Å²) in [4.78, 5) is 45.6. The van der Waals surface area contributed by atoms with Gasteiger partial charge in [0.2, 0.25) is 5.91 Å². The zero-order chi connectivity index (χ0) is 32.3.